The number of hydrogen-bond donors (Lipinski definition) is 0. The smallest absolute Gasteiger partial charge is 0.136 e. The van der Waals surface area contributed by atoms with Gasteiger partial charge in [-0.1, -0.05) is 20.3 Å². The summed E-state index contributed by atoms with van der Waals surface area (Å²) in [6, 6.07) is 0. The van der Waals surface area contributed by atoms with E-state index < -0.39 is 0 Å². The molecule has 3 aliphatic rings. The van der Waals surface area contributed by atoms with Crippen molar-refractivity contribution in [2.24, 2.45) is 35.5 Å². The lowest BCUT2D eigenvalue weighted by atomic mass is 9.65. The van der Waals surface area contributed by atoms with E-state index in [1.54, 1.807) is 0 Å². The zero-order valence-corrected chi connectivity index (χ0v) is 10.6. The van der Waals surface area contributed by atoms with Gasteiger partial charge in [0.1, 0.15) is 5.78 Å². The van der Waals surface area contributed by atoms with Crippen molar-refractivity contribution in [1.29, 1.82) is 0 Å². The fraction of sp³-hybridized carbons (Fsp3) is 0.933. The molecule has 3 rings (SSSR count). The highest BCUT2D eigenvalue weighted by atomic mass is 16.1. The summed E-state index contributed by atoms with van der Waals surface area (Å²) in [6.45, 7) is 4.57. The second-order valence-corrected chi connectivity index (χ2v) is 6.85. The Morgan fingerprint density at radius 2 is 1.88 bits per heavy atom. The normalized spacial score (nSPS) is 52.2. The summed E-state index contributed by atoms with van der Waals surface area (Å²) in [4.78, 5) is 12.3. The molecule has 90 valence electrons. The van der Waals surface area contributed by atoms with Crippen LogP contribution in [0.2, 0.25) is 0 Å². The van der Waals surface area contributed by atoms with Crippen LogP contribution < -0.4 is 0 Å². The van der Waals surface area contributed by atoms with E-state index in [4.69, 9.17) is 0 Å². The molecule has 3 fully saturated rings. The Bertz CT molecular complexity index is 296. The Morgan fingerprint density at radius 3 is 2.44 bits per heavy atom. The highest BCUT2D eigenvalue weighted by molar-refractivity contribution is 5.82. The van der Waals surface area contributed by atoms with E-state index in [1.165, 1.54) is 32.1 Å². The maximum Gasteiger partial charge on any atom is 0.136 e. The van der Waals surface area contributed by atoms with Crippen LogP contribution in [0.15, 0.2) is 0 Å². The third-order valence-corrected chi connectivity index (χ3v) is 5.56. The molecule has 0 unspecified atom stereocenters. The van der Waals surface area contributed by atoms with Gasteiger partial charge in [0, 0.05) is 12.3 Å². The lowest BCUT2D eigenvalue weighted by Gasteiger charge is -2.38. The first kappa shape index (κ1) is 10.8. The predicted octanol–water partition coefficient (Wildman–Crippen LogP) is 3.67. The van der Waals surface area contributed by atoms with Crippen LogP contribution >= 0.6 is 0 Å². The molecule has 6 atom stereocenters. The van der Waals surface area contributed by atoms with E-state index in [0.29, 0.717) is 23.5 Å². The van der Waals surface area contributed by atoms with Gasteiger partial charge in [0.05, 0.1) is 0 Å². The van der Waals surface area contributed by atoms with Gasteiger partial charge in [-0.25, -0.2) is 0 Å². The highest BCUT2D eigenvalue weighted by Crippen LogP contribution is 2.54. The van der Waals surface area contributed by atoms with E-state index in [0.717, 1.165) is 24.2 Å². The number of hydrogen-bond acceptors (Lipinski definition) is 1. The first-order chi connectivity index (χ1) is 7.65. The molecule has 0 aromatic rings. The van der Waals surface area contributed by atoms with Crippen molar-refractivity contribution in [2.45, 2.75) is 52.4 Å². The first-order valence-electron chi connectivity index (χ1n) is 7.18. The van der Waals surface area contributed by atoms with Crippen LogP contribution in [-0.4, -0.2) is 5.78 Å². The minimum absolute atomic E-state index is 0.437. The van der Waals surface area contributed by atoms with Gasteiger partial charge in [0.15, 0.2) is 0 Å². The van der Waals surface area contributed by atoms with Gasteiger partial charge in [-0.05, 0) is 55.3 Å². The summed E-state index contributed by atoms with van der Waals surface area (Å²) >= 11 is 0. The van der Waals surface area contributed by atoms with Crippen molar-refractivity contribution in [1.82, 2.24) is 0 Å². The monoisotopic (exact) mass is 220 g/mol. The van der Waals surface area contributed by atoms with Gasteiger partial charge in [-0.2, -0.15) is 0 Å². The van der Waals surface area contributed by atoms with Gasteiger partial charge >= 0.3 is 0 Å². The van der Waals surface area contributed by atoms with E-state index in [1.807, 2.05) is 0 Å². The minimum Gasteiger partial charge on any atom is -0.299 e. The molecule has 0 heterocycles. The fourth-order valence-corrected chi connectivity index (χ4v) is 5.06. The van der Waals surface area contributed by atoms with Crippen molar-refractivity contribution in [3.05, 3.63) is 0 Å². The molecule has 1 heteroatoms. The number of fused-ring (bicyclic) bond motifs is 2. The number of carbonyl (C=O) groups is 1. The molecule has 0 N–H and O–H groups in total. The predicted molar refractivity (Wildman–Crippen MR) is 65.0 cm³/mol. The van der Waals surface area contributed by atoms with Crippen LogP contribution in [0, 0.1) is 35.5 Å². The SMILES string of the molecule is C[C@H]1CC(=O)[C@@H]([C@@H]2C[C@H]3CC[C@H]2C3)[C@H](C)C1. The average Bonchev–Trinajstić information content (AvgIpc) is 2.77. The van der Waals surface area contributed by atoms with Crippen molar-refractivity contribution in [3.8, 4) is 0 Å². The molecule has 0 aliphatic heterocycles. The summed E-state index contributed by atoms with van der Waals surface area (Å²) in [5.41, 5.74) is 0. The Hall–Kier alpha value is -0.330. The van der Waals surface area contributed by atoms with E-state index in [2.05, 4.69) is 13.8 Å². The summed E-state index contributed by atoms with van der Waals surface area (Å²) in [6.07, 6.45) is 7.83. The quantitative estimate of drug-likeness (QED) is 0.659. The van der Waals surface area contributed by atoms with Gasteiger partial charge in [0.2, 0.25) is 0 Å². The summed E-state index contributed by atoms with van der Waals surface area (Å²) in [7, 11) is 0. The molecule has 3 aliphatic carbocycles. The van der Waals surface area contributed by atoms with Crippen LogP contribution in [0.3, 0.4) is 0 Å². The van der Waals surface area contributed by atoms with Crippen LogP contribution in [0.4, 0.5) is 0 Å². The van der Waals surface area contributed by atoms with Crippen LogP contribution in [0.5, 0.6) is 0 Å². The van der Waals surface area contributed by atoms with Crippen LogP contribution in [0.25, 0.3) is 0 Å². The molecule has 1 nitrogen and oxygen atoms in total. The molecule has 2 bridgehead atoms. The van der Waals surface area contributed by atoms with Gasteiger partial charge in [-0.3, -0.25) is 4.79 Å². The Morgan fingerprint density at radius 1 is 1.06 bits per heavy atom. The Balaban J connectivity index is 1.76. The second-order valence-electron chi connectivity index (χ2n) is 6.85. The molecule has 0 radical (unpaired) electrons. The Labute approximate surface area is 99.0 Å². The molecular weight excluding hydrogens is 196 g/mol. The summed E-state index contributed by atoms with van der Waals surface area (Å²) in [5, 5.41) is 0. The fourth-order valence-electron chi connectivity index (χ4n) is 5.06. The molecule has 0 aromatic heterocycles. The van der Waals surface area contributed by atoms with Crippen molar-refractivity contribution >= 4 is 5.78 Å². The number of Topliss-reactive ketones (excluding diaryl/α,β-unsaturated/α-hetero) is 1. The molecule has 16 heavy (non-hydrogen) atoms. The number of ketones is 1. The highest BCUT2D eigenvalue weighted by Gasteiger charge is 2.47. The van der Waals surface area contributed by atoms with Crippen molar-refractivity contribution < 1.29 is 4.79 Å². The van der Waals surface area contributed by atoms with E-state index in [-0.39, 0.29) is 0 Å². The first-order valence-corrected chi connectivity index (χ1v) is 7.18. The lowest BCUT2D eigenvalue weighted by molar-refractivity contribution is -0.131. The molecule has 3 saturated carbocycles. The van der Waals surface area contributed by atoms with Crippen molar-refractivity contribution in [3.63, 3.8) is 0 Å². The number of rotatable bonds is 1. The third kappa shape index (κ3) is 1.63. The average molecular weight is 220 g/mol. The van der Waals surface area contributed by atoms with Crippen LogP contribution in [0.1, 0.15) is 52.4 Å². The molecule has 0 aromatic carbocycles. The van der Waals surface area contributed by atoms with Gasteiger partial charge in [0.25, 0.3) is 0 Å². The number of carbonyl (C=O) groups excluding carboxylic acids is 1. The van der Waals surface area contributed by atoms with Crippen LogP contribution in [-0.2, 0) is 4.79 Å². The standard InChI is InChI=1S/C15H24O/c1-9-5-10(2)15(14(16)6-9)13-8-11-3-4-12(13)7-11/h9-13,15H,3-8H2,1-2H3/t9-,10-,11+,12+,13-,15-/m1/s1. The topological polar surface area (TPSA) is 17.1 Å². The van der Waals surface area contributed by atoms with Gasteiger partial charge < -0.3 is 0 Å². The maximum atomic E-state index is 12.3. The molecular formula is C15H24O. The third-order valence-electron chi connectivity index (χ3n) is 5.56. The van der Waals surface area contributed by atoms with E-state index >= 15 is 0 Å². The lowest BCUT2D eigenvalue weighted by Crippen LogP contribution is -2.38. The zero-order valence-electron chi connectivity index (χ0n) is 10.6. The van der Waals surface area contributed by atoms with E-state index in [9.17, 15) is 4.79 Å². The minimum atomic E-state index is 0.437. The zero-order chi connectivity index (χ0) is 11.3. The second kappa shape index (κ2) is 3.85. The largest absolute Gasteiger partial charge is 0.299 e. The van der Waals surface area contributed by atoms with Gasteiger partial charge in [-0.15, -0.1) is 0 Å². The maximum absolute atomic E-state index is 12.3. The molecule has 0 saturated heterocycles. The summed E-state index contributed by atoms with van der Waals surface area (Å²) in [5.74, 6) is 4.99. The summed E-state index contributed by atoms with van der Waals surface area (Å²) < 4.78 is 0. The van der Waals surface area contributed by atoms with Crippen molar-refractivity contribution in [2.75, 3.05) is 0 Å². The molecule has 0 spiro atoms. The Kier molecular flexibility index (Phi) is 2.60. The molecule has 0 amide bonds.